The zero-order valence-corrected chi connectivity index (χ0v) is 13.3. The summed E-state index contributed by atoms with van der Waals surface area (Å²) < 4.78 is 3.51. The van der Waals surface area contributed by atoms with Crippen molar-refractivity contribution in [2.45, 2.75) is 32.9 Å². The number of hydrogen-bond donors (Lipinski definition) is 0. The molecule has 0 radical (unpaired) electrons. The van der Waals surface area contributed by atoms with Gasteiger partial charge >= 0.3 is 0 Å². The van der Waals surface area contributed by atoms with E-state index in [9.17, 15) is 4.79 Å². The van der Waals surface area contributed by atoms with Gasteiger partial charge in [-0.25, -0.2) is 4.98 Å². The third-order valence-electron chi connectivity index (χ3n) is 3.38. The second-order valence-electron chi connectivity index (χ2n) is 5.03. The number of halogens is 1. The van der Waals surface area contributed by atoms with Crippen LogP contribution in [0.25, 0.3) is 0 Å². The molecule has 2 aromatic heterocycles. The van der Waals surface area contributed by atoms with Crippen molar-refractivity contribution in [2.24, 2.45) is 7.05 Å². The summed E-state index contributed by atoms with van der Waals surface area (Å²) in [6, 6.07) is -0.385. The molecule has 0 aliphatic rings. The number of rotatable bonds is 6. The van der Waals surface area contributed by atoms with E-state index in [2.05, 4.69) is 10.1 Å². The summed E-state index contributed by atoms with van der Waals surface area (Å²) in [6.45, 7) is 5.06. The quantitative estimate of drug-likeness (QED) is 0.822. The van der Waals surface area contributed by atoms with E-state index >= 15 is 0 Å². The molecule has 1 amide bonds. The van der Waals surface area contributed by atoms with Crippen LogP contribution in [0.15, 0.2) is 24.8 Å². The number of imidazole rings is 1. The molecule has 114 valence electrons. The molecule has 2 aromatic rings. The molecule has 7 heteroatoms. The zero-order chi connectivity index (χ0) is 15.4. The fourth-order valence-electron chi connectivity index (χ4n) is 2.16. The van der Waals surface area contributed by atoms with Gasteiger partial charge < -0.3 is 9.47 Å². The highest BCUT2D eigenvalue weighted by Crippen LogP contribution is 2.15. The Balaban J connectivity index is 2.13. The van der Waals surface area contributed by atoms with Gasteiger partial charge in [0, 0.05) is 32.2 Å². The molecule has 0 aliphatic carbocycles. The average molecular weight is 310 g/mol. The van der Waals surface area contributed by atoms with Gasteiger partial charge in [-0.2, -0.15) is 5.10 Å². The van der Waals surface area contributed by atoms with Gasteiger partial charge in [-0.3, -0.25) is 9.48 Å². The van der Waals surface area contributed by atoms with Gasteiger partial charge in [0.2, 0.25) is 5.91 Å². The SMILES string of the molecule is CCCN(Cc1nccn1C)C(=O)[C@@H](C)n1cc(Cl)cn1. The maximum Gasteiger partial charge on any atom is 0.247 e. The Bertz CT molecular complexity index is 606. The number of aromatic nitrogens is 4. The second-order valence-corrected chi connectivity index (χ2v) is 5.47. The van der Waals surface area contributed by atoms with Crippen LogP contribution in [0, 0.1) is 0 Å². The molecule has 1 atom stereocenters. The van der Waals surface area contributed by atoms with Gasteiger partial charge in [-0.1, -0.05) is 18.5 Å². The molecular formula is C14H20ClN5O. The van der Waals surface area contributed by atoms with Gasteiger partial charge in [0.1, 0.15) is 11.9 Å². The van der Waals surface area contributed by atoms with Gasteiger partial charge in [-0.05, 0) is 13.3 Å². The molecule has 0 unspecified atom stereocenters. The molecule has 0 aromatic carbocycles. The van der Waals surface area contributed by atoms with E-state index < -0.39 is 0 Å². The predicted molar refractivity (Wildman–Crippen MR) is 80.9 cm³/mol. The highest BCUT2D eigenvalue weighted by Gasteiger charge is 2.23. The van der Waals surface area contributed by atoms with Crippen LogP contribution < -0.4 is 0 Å². The number of hydrogen-bond acceptors (Lipinski definition) is 3. The Morgan fingerprint density at radius 2 is 2.29 bits per heavy atom. The maximum absolute atomic E-state index is 12.7. The van der Waals surface area contributed by atoms with Crippen LogP contribution in [-0.4, -0.2) is 36.7 Å². The van der Waals surface area contributed by atoms with Crippen molar-refractivity contribution in [3.05, 3.63) is 35.6 Å². The molecule has 21 heavy (non-hydrogen) atoms. The van der Waals surface area contributed by atoms with Crippen LogP contribution in [0.3, 0.4) is 0 Å². The van der Waals surface area contributed by atoms with E-state index in [4.69, 9.17) is 11.6 Å². The van der Waals surface area contributed by atoms with E-state index in [0.717, 1.165) is 12.2 Å². The number of carbonyl (C=O) groups excluding carboxylic acids is 1. The first-order chi connectivity index (χ1) is 10.0. The first kappa shape index (κ1) is 15.6. The van der Waals surface area contributed by atoms with Crippen LogP contribution in [-0.2, 0) is 18.4 Å². The number of carbonyl (C=O) groups is 1. The summed E-state index contributed by atoms with van der Waals surface area (Å²) in [5.74, 6) is 0.877. The summed E-state index contributed by atoms with van der Waals surface area (Å²) in [4.78, 5) is 18.8. The topological polar surface area (TPSA) is 56.0 Å². The lowest BCUT2D eigenvalue weighted by molar-refractivity contribution is -0.135. The van der Waals surface area contributed by atoms with E-state index in [1.54, 1.807) is 17.1 Å². The van der Waals surface area contributed by atoms with Crippen LogP contribution >= 0.6 is 11.6 Å². The molecular weight excluding hydrogens is 290 g/mol. The number of amides is 1. The molecule has 2 rings (SSSR count). The smallest absolute Gasteiger partial charge is 0.247 e. The first-order valence-electron chi connectivity index (χ1n) is 6.97. The van der Waals surface area contributed by atoms with Gasteiger partial charge in [0.05, 0.1) is 17.8 Å². The third-order valence-corrected chi connectivity index (χ3v) is 3.58. The lowest BCUT2D eigenvalue weighted by Gasteiger charge is -2.25. The molecule has 0 fully saturated rings. The summed E-state index contributed by atoms with van der Waals surface area (Å²) in [7, 11) is 1.92. The molecule has 0 saturated carbocycles. The van der Waals surface area contributed by atoms with E-state index in [-0.39, 0.29) is 11.9 Å². The van der Waals surface area contributed by atoms with E-state index in [0.29, 0.717) is 18.1 Å². The highest BCUT2D eigenvalue weighted by atomic mass is 35.5. The van der Waals surface area contributed by atoms with Gasteiger partial charge in [0.15, 0.2) is 0 Å². The van der Waals surface area contributed by atoms with Gasteiger partial charge in [0.25, 0.3) is 0 Å². The Labute approximate surface area is 129 Å². The first-order valence-corrected chi connectivity index (χ1v) is 7.35. The van der Waals surface area contributed by atoms with E-state index in [1.165, 1.54) is 6.20 Å². The van der Waals surface area contributed by atoms with Crippen molar-refractivity contribution >= 4 is 17.5 Å². The van der Waals surface area contributed by atoms with Gasteiger partial charge in [-0.15, -0.1) is 0 Å². The summed E-state index contributed by atoms with van der Waals surface area (Å²) in [5.41, 5.74) is 0. The Kier molecular flexibility index (Phi) is 5.01. The molecule has 0 bridgehead atoms. The van der Waals surface area contributed by atoms with Crippen molar-refractivity contribution in [2.75, 3.05) is 6.54 Å². The fourth-order valence-corrected chi connectivity index (χ4v) is 2.30. The summed E-state index contributed by atoms with van der Waals surface area (Å²) >= 11 is 5.86. The van der Waals surface area contributed by atoms with Crippen molar-refractivity contribution in [3.63, 3.8) is 0 Å². The molecule has 6 nitrogen and oxygen atoms in total. The molecule has 0 spiro atoms. The summed E-state index contributed by atoms with van der Waals surface area (Å²) in [6.07, 6.45) is 7.70. The monoisotopic (exact) mass is 309 g/mol. The van der Waals surface area contributed by atoms with E-state index in [1.807, 2.05) is 36.6 Å². The Morgan fingerprint density at radius 3 is 2.81 bits per heavy atom. The number of nitrogens with zero attached hydrogens (tertiary/aromatic N) is 5. The highest BCUT2D eigenvalue weighted by molar-refractivity contribution is 6.30. The Hall–Kier alpha value is -1.82. The molecule has 0 saturated heterocycles. The number of aryl methyl sites for hydroxylation is 1. The lowest BCUT2D eigenvalue weighted by atomic mass is 10.2. The predicted octanol–water partition coefficient (Wildman–Crippen LogP) is 2.27. The minimum atomic E-state index is -0.385. The van der Waals surface area contributed by atoms with Crippen LogP contribution in [0.2, 0.25) is 5.02 Å². The molecule has 0 N–H and O–H groups in total. The average Bonchev–Trinajstić information content (AvgIpc) is 3.06. The largest absolute Gasteiger partial charge is 0.337 e. The lowest BCUT2D eigenvalue weighted by Crippen LogP contribution is -2.37. The zero-order valence-electron chi connectivity index (χ0n) is 12.5. The van der Waals surface area contributed by atoms with Crippen LogP contribution in [0.4, 0.5) is 0 Å². The van der Waals surface area contributed by atoms with Crippen molar-refractivity contribution < 1.29 is 4.79 Å². The summed E-state index contributed by atoms with van der Waals surface area (Å²) in [5, 5.41) is 4.64. The molecule has 0 aliphatic heterocycles. The standard InChI is InChI=1S/C14H20ClN5O/c1-4-6-19(10-13-16-5-7-18(13)3)14(21)11(2)20-9-12(15)8-17-20/h5,7-9,11H,4,6,10H2,1-3H3/t11-/m1/s1. The normalized spacial score (nSPS) is 12.4. The minimum Gasteiger partial charge on any atom is -0.337 e. The van der Waals surface area contributed by atoms with Crippen molar-refractivity contribution in [3.8, 4) is 0 Å². The van der Waals surface area contributed by atoms with Crippen molar-refractivity contribution in [1.82, 2.24) is 24.2 Å². The van der Waals surface area contributed by atoms with Crippen molar-refractivity contribution in [1.29, 1.82) is 0 Å². The molecule has 2 heterocycles. The second kappa shape index (κ2) is 6.76. The fraction of sp³-hybridized carbons (Fsp3) is 0.500. The Morgan fingerprint density at radius 1 is 1.52 bits per heavy atom. The van der Waals surface area contributed by atoms with Crippen LogP contribution in [0.5, 0.6) is 0 Å². The maximum atomic E-state index is 12.7. The third kappa shape index (κ3) is 3.64. The minimum absolute atomic E-state index is 0.0135. The van der Waals surface area contributed by atoms with Crippen LogP contribution in [0.1, 0.15) is 32.1 Å².